The molecule has 4 nitrogen and oxygen atoms in total. The Morgan fingerprint density at radius 1 is 1.26 bits per heavy atom. The second-order valence-electron chi connectivity index (χ2n) is 5.18. The van der Waals surface area contributed by atoms with Crippen molar-refractivity contribution >= 4 is 0 Å². The smallest absolute Gasteiger partial charge is 0.160 e. The van der Waals surface area contributed by atoms with E-state index < -0.39 is 0 Å². The SMILES string of the molecule is COCC1CCN(Cc2ccc(OC)c(O)c2)CC1. The number of methoxy groups -OCH3 is 2. The number of piperidine rings is 1. The molecule has 1 fully saturated rings. The highest BCUT2D eigenvalue weighted by Crippen LogP contribution is 2.27. The Kier molecular flexibility index (Phi) is 5.05. The van der Waals surface area contributed by atoms with Crippen molar-refractivity contribution in [1.29, 1.82) is 0 Å². The molecule has 0 bridgehead atoms. The van der Waals surface area contributed by atoms with E-state index in [9.17, 15) is 5.11 Å². The Labute approximate surface area is 114 Å². The van der Waals surface area contributed by atoms with Crippen LogP contribution < -0.4 is 4.74 Å². The summed E-state index contributed by atoms with van der Waals surface area (Å²) in [5.74, 6) is 1.45. The van der Waals surface area contributed by atoms with Crippen LogP contribution in [0.3, 0.4) is 0 Å². The van der Waals surface area contributed by atoms with Gasteiger partial charge in [-0.15, -0.1) is 0 Å². The van der Waals surface area contributed by atoms with Gasteiger partial charge in [-0.05, 0) is 49.5 Å². The monoisotopic (exact) mass is 265 g/mol. The Morgan fingerprint density at radius 2 is 2.00 bits per heavy atom. The van der Waals surface area contributed by atoms with Crippen LogP contribution >= 0.6 is 0 Å². The van der Waals surface area contributed by atoms with E-state index in [1.807, 2.05) is 12.1 Å². The highest BCUT2D eigenvalue weighted by Gasteiger charge is 2.19. The predicted octanol–water partition coefficient (Wildman–Crippen LogP) is 2.26. The lowest BCUT2D eigenvalue weighted by Gasteiger charge is -2.31. The molecule has 19 heavy (non-hydrogen) atoms. The van der Waals surface area contributed by atoms with Gasteiger partial charge in [0.1, 0.15) is 0 Å². The molecule has 0 radical (unpaired) electrons. The largest absolute Gasteiger partial charge is 0.504 e. The molecule has 0 spiro atoms. The molecule has 0 unspecified atom stereocenters. The molecule has 1 heterocycles. The van der Waals surface area contributed by atoms with E-state index in [1.165, 1.54) is 12.8 Å². The first-order valence-electron chi connectivity index (χ1n) is 6.80. The maximum atomic E-state index is 9.77. The van der Waals surface area contributed by atoms with Gasteiger partial charge in [0.25, 0.3) is 0 Å². The fraction of sp³-hybridized carbons (Fsp3) is 0.600. The van der Waals surface area contributed by atoms with E-state index in [0.717, 1.165) is 31.8 Å². The zero-order valence-electron chi connectivity index (χ0n) is 11.8. The third-order valence-corrected chi connectivity index (χ3v) is 3.76. The number of phenolic OH excluding ortho intramolecular Hbond substituents is 1. The fourth-order valence-electron chi connectivity index (χ4n) is 2.64. The third kappa shape index (κ3) is 3.85. The van der Waals surface area contributed by atoms with Gasteiger partial charge in [-0.25, -0.2) is 0 Å². The van der Waals surface area contributed by atoms with Gasteiger partial charge in [-0.1, -0.05) is 6.07 Å². The van der Waals surface area contributed by atoms with Gasteiger partial charge in [-0.3, -0.25) is 4.90 Å². The molecule has 1 N–H and O–H groups in total. The summed E-state index contributed by atoms with van der Waals surface area (Å²) >= 11 is 0. The highest BCUT2D eigenvalue weighted by molar-refractivity contribution is 5.41. The lowest BCUT2D eigenvalue weighted by molar-refractivity contribution is 0.0968. The second kappa shape index (κ2) is 6.78. The van der Waals surface area contributed by atoms with Crippen LogP contribution in [0.25, 0.3) is 0 Å². The van der Waals surface area contributed by atoms with E-state index >= 15 is 0 Å². The van der Waals surface area contributed by atoms with Gasteiger partial charge in [-0.2, -0.15) is 0 Å². The molecular formula is C15H23NO3. The molecule has 1 saturated heterocycles. The first-order valence-corrected chi connectivity index (χ1v) is 6.80. The number of hydrogen-bond donors (Lipinski definition) is 1. The van der Waals surface area contributed by atoms with Gasteiger partial charge in [0.05, 0.1) is 7.11 Å². The maximum absolute atomic E-state index is 9.77. The van der Waals surface area contributed by atoms with Crippen molar-refractivity contribution in [2.45, 2.75) is 19.4 Å². The van der Waals surface area contributed by atoms with E-state index in [2.05, 4.69) is 4.90 Å². The van der Waals surface area contributed by atoms with Crippen LogP contribution in [0.4, 0.5) is 0 Å². The van der Waals surface area contributed by atoms with Gasteiger partial charge in [0, 0.05) is 20.3 Å². The van der Waals surface area contributed by atoms with Crippen molar-refractivity contribution in [3.63, 3.8) is 0 Å². The van der Waals surface area contributed by atoms with E-state index in [0.29, 0.717) is 11.7 Å². The van der Waals surface area contributed by atoms with Crippen molar-refractivity contribution in [2.75, 3.05) is 33.9 Å². The minimum Gasteiger partial charge on any atom is -0.504 e. The number of benzene rings is 1. The fourth-order valence-corrected chi connectivity index (χ4v) is 2.64. The molecule has 0 atom stereocenters. The van der Waals surface area contributed by atoms with Crippen molar-refractivity contribution in [2.24, 2.45) is 5.92 Å². The van der Waals surface area contributed by atoms with Gasteiger partial charge in [0.15, 0.2) is 11.5 Å². The molecule has 0 aliphatic carbocycles. The number of rotatable bonds is 5. The summed E-state index contributed by atoms with van der Waals surface area (Å²) < 4.78 is 10.3. The standard InChI is InChI=1S/C15H23NO3/c1-18-11-12-5-7-16(8-6-12)10-13-3-4-15(19-2)14(17)9-13/h3-4,9,12,17H,5-8,10-11H2,1-2H3. The summed E-state index contributed by atoms with van der Waals surface area (Å²) in [5, 5.41) is 9.77. The Hall–Kier alpha value is -1.26. The number of phenols is 1. The summed E-state index contributed by atoms with van der Waals surface area (Å²) in [5.41, 5.74) is 1.13. The molecular weight excluding hydrogens is 242 g/mol. The first-order chi connectivity index (χ1) is 9.22. The number of ether oxygens (including phenoxy) is 2. The summed E-state index contributed by atoms with van der Waals surface area (Å²) in [7, 11) is 3.34. The number of aromatic hydroxyl groups is 1. The summed E-state index contributed by atoms with van der Waals surface area (Å²) in [6, 6.07) is 5.63. The number of hydrogen-bond acceptors (Lipinski definition) is 4. The van der Waals surface area contributed by atoms with Crippen molar-refractivity contribution in [3.8, 4) is 11.5 Å². The predicted molar refractivity (Wildman–Crippen MR) is 74.5 cm³/mol. The second-order valence-corrected chi connectivity index (χ2v) is 5.18. The van der Waals surface area contributed by atoms with Crippen LogP contribution in [0, 0.1) is 5.92 Å². The van der Waals surface area contributed by atoms with Crippen LogP contribution in [0.1, 0.15) is 18.4 Å². The topological polar surface area (TPSA) is 41.9 Å². The Morgan fingerprint density at radius 3 is 2.58 bits per heavy atom. The average Bonchev–Trinajstić information content (AvgIpc) is 2.42. The van der Waals surface area contributed by atoms with Crippen LogP contribution in [-0.4, -0.2) is 43.9 Å². The minimum atomic E-state index is 0.217. The molecule has 0 saturated carbocycles. The van der Waals surface area contributed by atoms with E-state index in [4.69, 9.17) is 9.47 Å². The van der Waals surface area contributed by atoms with Gasteiger partial charge < -0.3 is 14.6 Å². The molecule has 1 aromatic rings. The lowest BCUT2D eigenvalue weighted by atomic mass is 9.97. The molecule has 1 aromatic carbocycles. The van der Waals surface area contributed by atoms with Crippen molar-refractivity contribution < 1.29 is 14.6 Å². The third-order valence-electron chi connectivity index (χ3n) is 3.76. The zero-order valence-corrected chi connectivity index (χ0v) is 11.8. The molecule has 1 aliphatic rings. The quantitative estimate of drug-likeness (QED) is 0.886. The number of likely N-dealkylation sites (tertiary alicyclic amines) is 1. The summed E-state index contributed by atoms with van der Waals surface area (Å²) in [6.07, 6.45) is 2.38. The Balaban J connectivity index is 1.87. The molecule has 0 amide bonds. The lowest BCUT2D eigenvalue weighted by Crippen LogP contribution is -2.34. The maximum Gasteiger partial charge on any atom is 0.160 e. The van der Waals surface area contributed by atoms with Crippen molar-refractivity contribution in [3.05, 3.63) is 23.8 Å². The molecule has 2 rings (SSSR count). The molecule has 1 aliphatic heterocycles. The highest BCUT2D eigenvalue weighted by atomic mass is 16.5. The molecule has 4 heteroatoms. The molecule has 106 valence electrons. The van der Waals surface area contributed by atoms with Gasteiger partial charge in [0.2, 0.25) is 0 Å². The zero-order chi connectivity index (χ0) is 13.7. The summed E-state index contributed by atoms with van der Waals surface area (Å²) in [4.78, 5) is 2.42. The van der Waals surface area contributed by atoms with Crippen LogP contribution in [-0.2, 0) is 11.3 Å². The Bertz CT molecular complexity index is 400. The van der Waals surface area contributed by atoms with Gasteiger partial charge >= 0.3 is 0 Å². The van der Waals surface area contributed by atoms with Crippen LogP contribution in [0.15, 0.2) is 18.2 Å². The minimum absolute atomic E-state index is 0.217. The first kappa shape index (κ1) is 14.2. The van der Waals surface area contributed by atoms with Crippen LogP contribution in [0.2, 0.25) is 0 Å². The van der Waals surface area contributed by atoms with Crippen molar-refractivity contribution in [1.82, 2.24) is 4.90 Å². The average molecular weight is 265 g/mol. The summed E-state index contributed by atoms with van der Waals surface area (Å²) in [6.45, 7) is 3.95. The van der Waals surface area contributed by atoms with E-state index in [-0.39, 0.29) is 5.75 Å². The van der Waals surface area contributed by atoms with E-state index in [1.54, 1.807) is 20.3 Å². The van der Waals surface area contributed by atoms with Crippen LogP contribution in [0.5, 0.6) is 11.5 Å². The molecule has 0 aromatic heterocycles. The number of nitrogens with zero attached hydrogens (tertiary/aromatic N) is 1. The normalized spacial score (nSPS) is 17.6.